The number of rotatable bonds is 1. The third-order valence-electron chi connectivity index (χ3n) is 6.05. The van der Waals surface area contributed by atoms with Crippen molar-refractivity contribution >= 4 is 23.1 Å². The smallest absolute Gasteiger partial charge is 0.219 e. The van der Waals surface area contributed by atoms with E-state index >= 15 is 0 Å². The quantitative estimate of drug-likeness (QED) is 0.514. The molecule has 0 saturated carbocycles. The first-order chi connectivity index (χ1) is 15.0. The van der Waals surface area contributed by atoms with Gasteiger partial charge in [-0.2, -0.15) is 15.3 Å². The van der Waals surface area contributed by atoms with Crippen molar-refractivity contribution in [2.45, 2.75) is 20.4 Å². The Balaban J connectivity index is 1.68. The number of nitrogens with zero attached hydrogens (tertiary/aromatic N) is 6. The van der Waals surface area contributed by atoms with E-state index in [1.807, 2.05) is 48.7 Å². The number of nitrogens with one attached hydrogen (secondary N) is 1. The average molecular weight is 418 g/mol. The number of aryl methyl sites for hydroxylation is 3. The molecule has 0 atom stereocenters. The zero-order valence-electron chi connectivity index (χ0n) is 18.4. The van der Waals surface area contributed by atoms with Gasteiger partial charge in [0.05, 0.1) is 34.4 Å². The van der Waals surface area contributed by atoms with E-state index in [0.29, 0.717) is 6.61 Å². The number of hydrogen-bond acceptors (Lipinski definition) is 5. The predicted octanol–water partition coefficient (Wildman–Crippen LogP) is 3.39. The van der Waals surface area contributed by atoms with Crippen LogP contribution in [0.5, 0.6) is 5.88 Å². The van der Waals surface area contributed by atoms with Crippen LogP contribution in [0.3, 0.4) is 0 Å². The Bertz CT molecular complexity index is 1280. The molecule has 0 unspecified atom stereocenters. The number of aromatic amines is 1. The highest BCUT2D eigenvalue weighted by atomic mass is 16.5. The second-order valence-electron chi connectivity index (χ2n) is 7.98. The fraction of sp³-hybridized carbons (Fsp3) is 0.348. The van der Waals surface area contributed by atoms with Gasteiger partial charge in [-0.15, -0.1) is 0 Å². The van der Waals surface area contributed by atoms with Crippen molar-refractivity contribution in [2.24, 2.45) is 14.1 Å². The SMILES string of the molecule is CCN1CCOc2c(c(C)nn2C)/C=C/c2n[nH]c3ccc(cc23)-c2cnn(C)c2C1. The van der Waals surface area contributed by atoms with E-state index in [9.17, 15) is 0 Å². The lowest BCUT2D eigenvalue weighted by atomic mass is 10.0. The van der Waals surface area contributed by atoms with Crippen LogP contribution in [0, 0.1) is 6.92 Å². The van der Waals surface area contributed by atoms with Gasteiger partial charge < -0.3 is 4.74 Å². The van der Waals surface area contributed by atoms with Crippen molar-refractivity contribution in [2.75, 3.05) is 19.7 Å². The summed E-state index contributed by atoms with van der Waals surface area (Å²) in [5.74, 6) is 0.779. The van der Waals surface area contributed by atoms with E-state index in [0.717, 1.165) is 64.5 Å². The second-order valence-corrected chi connectivity index (χ2v) is 7.98. The Morgan fingerprint density at radius 3 is 2.87 bits per heavy atom. The van der Waals surface area contributed by atoms with Crippen LogP contribution < -0.4 is 4.74 Å². The molecular weight excluding hydrogens is 390 g/mol. The van der Waals surface area contributed by atoms with Crippen LogP contribution >= 0.6 is 0 Å². The minimum Gasteiger partial charge on any atom is -0.476 e. The molecule has 0 saturated heterocycles. The zero-order chi connectivity index (χ0) is 21.5. The Morgan fingerprint density at radius 2 is 2.03 bits per heavy atom. The molecule has 31 heavy (non-hydrogen) atoms. The van der Waals surface area contributed by atoms with Crippen molar-refractivity contribution in [3.63, 3.8) is 0 Å². The van der Waals surface area contributed by atoms with Gasteiger partial charge in [0.15, 0.2) is 0 Å². The maximum absolute atomic E-state index is 6.21. The molecule has 160 valence electrons. The molecular formula is C23H27N7O. The van der Waals surface area contributed by atoms with Gasteiger partial charge in [0, 0.05) is 38.1 Å². The first-order valence-electron chi connectivity index (χ1n) is 10.6. The van der Waals surface area contributed by atoms with E-state index in [-0.39, 0.29) is 0 Å². The number of H-pyrrole nitrogens is 1. The second kappa shape index (κ2) is 7.70. The number of hydrogen-bond donors (Lipinski definition) is 1. The molecule has 4 heterocycles. The highest BCUT2D eigenvalue weighted by molar-refractivity contribution is 5.93. The minimum atomic E-state index is 0.585. The summed E-state index contributed by atoms with van der Waals surface area (Å²) in [5.41, 5.74) is 7.30. The number of aromatic nitrogens is 6. The van der Waals surface area contributed by atoms with E-state index in [1.165, 1.54) is 5.69 Å². The van der Waals surface area contributed by atoms with Gasteiger partial charge in [-0.05, 0) is 43.3 Å². The van der Waals surface area contributed by atoms with Crippen LogP contribution in [0.4, 0.5) is 0 Å². The molecule has 4 aromatic rings. The number of ether oxygens (including phenoxy) is 1. The molecule has 5 rings (SSSR count). The topological polar surface area (TPSA) is 76.8 Å². The van der Waals surface area contributed by atoms with Crippen LogP contribution in [0.25, 0.3) is 34.2 Å². The lowest BCUT2D eigenvalue weighted by molar-refractivity contribution is 0.198. The molecule has 1 aliphatic rings. The van der Waals surface area contributed by atoms with Crippen molar-refractivity contribution in [1.82, 2.24) is 34.7 Å². The highest BCUT2D eigenvalue weighted by Gasteiger charge is 2.18. The zero-order valence-corrected chi connectivity index (χ0v) is 18.4. The van der Waals surface area contributed by atoms with Crippen LogP contribution in [0.15, 0.2) is 24.4 Å². The summed E-state index contributed by atoms with van der Waals surface area (Å²) in [5, 5.41) is 17.9. The van der Waals surface area contributed by atoms with Crippen molar-refractivity contribution in [3.8, 4) is 17.0 Å². The van der Waals surface area contributed by atoms with Crippen molar-refractivity contribution < 1.29 is 4.74 Å². The predicted molar refractivity (Wildman–Crippen MR) is 122 cm³/mol. The molecule has 1 aromatic carbocycles. The molecule has 0 fully saturated rings. The Kier molecular flexibility index (Phi) is 4.86. The van der Waals surface area contributed by atoms with Gasteiger partial charge in [-0.25, -0.2) is 4.68 Å². The van der Waals surface area contributed by atoms with E-state index < -0.39 is 0 Å². The van der Waals surface area contributed by atoms with E-state index in [4.69, 9.17) is 4.74 Å². The molecule has 1 N–H and O–H groups in total. The Hall–Kier alpha value is -3.39. The molecule has 8 nitrogen and oxygen atoms in total. The first-order valence-corrected chi connectivity index (χ1v) is 10.6. The maximum Gasteiger partial charge on any atom is 0.219 e. The van der Waals surface area contributed by atoms with E-state index in [1.54, 1.807) is 0 Å². The van der Waals surface area contributed by atoms with Crippen molar-refractivity contribution in [3.05, 3.63) is 47.0 Å². The molecule has 0 radical (unpaired) electrons. The molecule has 0 spiro atoms. The minimum absolute atomic E-state index is 0.585. The summed E-state index contributed by atoms with van der Waals surface area (Å²) >= 11 is 0. The van der Waals surface area contributed by atoms with Gasteiger partial charge in [0.1, 0.15) is 6.61 Å². The third-order valence-corrected chi connectivity index (χ3v) is 6.05. The Labute approximate surface area is 181 Å². The average Bonchev–Trinajstić information content (AvgIpc) is 3.41. The normalized spacial score (nSPS) is 15.9. The van der Waals surface area contributed by atoms with Gasteiger partial charge >= 0.3 is 0 Å². The standard InChI is InChI=1S/C23H27N7O/c1-5-30-10-11-31-23-17(15(2)27-29(23)4)7-9-21-18-12-16(6-8-20(18)25-26-21)19-13-24-28(3)22(19)14-30/h6-9,12-13H,5,10-11,14H2,1-4H3,(H,25,26)/b9-7+. The maximum atomic E-state index is 6.21. The number of likely N-dealkylation sites (N-methyl/N-ethyl adjacent to an activating group) is 1. The summed E-state index contributed by atoms with van der Waals surface area (Å²) in [6, 6.07) is 6.42. The molecule has 0 aliphatic carbocycles. The lowest BCUT2D eigenvalue weighted by Gasteiger charge is -2.21. The van der Waals surface area contributed by atoms with Crippen LogP contribution in [-0.2, 0) is 20.6 Å². The van der Waals surface area contributed by atoms with Crippen LogP contribution in [0.1, 0.15) is 29.6 Å². The number of fused-ring (bicyclic) bond motifs is 4. The fourth-order valence-corrected chi connectivity index (χ4v) is 4.23. The van der Waals surface area contributed by atoms with Crippen LogP contribution in [0.2, 0.25) is 0 Å². The Morgan fingerprint density at radius 1 is 1.16 bits per heavy atom. The summed E-state index contributed by atoms with van der Waals surface area (Å²) < 4.78 is 9.99. The molecule has 0 amide bonds. The molecule has 8 heteroatoms. The third kappa shape index (κ3) is 3.42. The van der Waals surface area contributed by atoms with Gasteiger partial charge in [-0.3, -0.25) is 14.7 Å². The molecule has 1 aliphatic heterocycles. The van der Waals surface area contributed by atoms with E-state index in [2.05, 4.69) is 50.4 Å². The summed E-state index contributed by atoms with van der Waals surface area (Å²) in [6.07, 6.45) is 6.04. The fourth-order valence-electron chi connectivity index (χ4n) is 4.23. The van der Waals surface area contributed by atoms with Crippen LogP contribution in [-0.4, -0.2) is 54.4 Å². The number of benzene rings is 1. The summed E-state index contributed by atoms with van der Waals surface area (Å²) in [6.45, 7) is 7.31. The molecule has 2 bridgehead atoms. The monoisotopic (exact) mass is 417 g/mol. The first kappa shape index (κ1) is 19.6. The van der Waals surface area contributed by atoms with Gasteiger partial charge in [0.2, 0.25) is 5.88 Å². The van der Waals surface area contributed by atoms with Crippen molar-refractivity contribution in [1.29, 1.82) is 0 Å². The summed E-state index contributed by atoms with van der Waals surface area (Å²) in [7, 11) is 3.93. The summed E-state index contributed by atoms with van der Waals surface area (Å²) in [4.78, 5) is 2.38. The van der Waals surface area contributed by atoms with Gasteiger partial charge in [0.25, 0.3) is 0 Å². The lowest BCUT2D eigenvalue weighted by Crippen LogP contribution is -2.29. The largest absolute Gasteiger partial charge is 0.476 e. The molecule has 3 aromatic heterocycles. The highest BCUT2D eigenvalue weighted by Crippen LogP contribution is 2.30. The van der Waals surface area contributed by atoms with Gasteiger partial charge in [-0.1, -0.05) is 13.0 Å².